The fourth-order valence-corrected chi connectivity index (χ4v) is 2.46. The minimum Gasteiger partial charge on any atom is -0.508 e. The summed E-state index contributed by atoms with van der Waals surface area (Å²) in [6.45, 7) is 0. The predicted octanol–water partition coefficient (Wildman–Crippen LogP) is 5.65. The van der Waals surface area contributed by atoms with Gasteiger partial charge in [-0.3, -0.25) is 0 Å². The standard InChI is InChI=1S/C19H12ClNO3/c20-13-3-7-15(8-4-13)23-16-9-10-18-17(11-16)21-19(24-18)12-1-5-14(22)6-2-12/h1-11,22H. The highest BCUT2D eigenvalue weighted by Crippen LogP contribution is 2.30. The minimum absolute atomic E-state index is 0.202. The van der Waals surface area contributed by atoms with Crippen molar-refractivity contribution in [3.05, 3.63) is 71.8 Å². The van der Waals surface area contributed by atoms with Gasteiger partial charge in [0.25, 0.3) is 0 Å². The van der Waals surface area contributed by atoms with Crippen LogP contribution in [0.3, 0.4) is 0 Å². The van der Waals surface area contributed by atoms with E-state index in [1.807, 2.05) is 18.2 Å². The zero-order chi connectivity index (χ0) is 16.5. The normalized spacial score (nSPS) is 10.9. The number of ether oxygens (including phenoxy) is 1. The number of hydrogen-bond donors (Lipinski definition) is 1. The van der Waals surface area contributed by atoms with Crippen molar-refractivity contribution in [2.24, 2.45) is 0 Å². The second-order valence-electron chi connectivity index (χ2n) is 5.25. The molecule has 0 radical (unpaired) electrons. The van der Waals surface area contributed by atoms with Crippen molar-refractivity contribution in [1.82, 2.24) is 4.98 Å². The van der Waals surface area contributed by atoms with Crippen LogP contribution in [0.25, 0.3) is 22.6 Å². The lowest BCUT2D eigenvalue weighted by Gasteiger charge is -2.04. The molecular formula is C19H12ClNO3. The van der Waals surface area contributed by atoms with E-state index in [4.69, 9.17) is 20.8 Å². The van der Waals surface area contributed by atoms with Gasteiger partial charge in [0.2, 0.25) is 5.89 Å². The first-order chi connectivity index (χ1) is 11.7. The largest absolute Gasteiger partial charge is 0.508 e. The summed E-state index contributed by atoms with van der Waals surface area (Å²) in [6.07, 6.45) is 0. The fraction of sp³-hybridized carbons (Fsp3) is 0. The van der Waals surface area contributed by atoms with Gasteiger partial charge in [-0.2, -0.15) is 0 Å². The summed E-state index contributed by atoms with van der Waals surface area (Å²) >= 11 is 5.87. The number of aromatic hydroxyl groups is 1. The van der Waals surface area contributed by atoms with Gasteiger partial charge in [-0.1, -0.05) is 11.6 Å². The molecule has 5 heteroatoms. The summed E-state index contributed by atoms with van der Waals surface area (Å²) in [5.74, 6) is 2.05. The van der Waals surface area contributed by atoms with Crippen LogP contribution < -0.4 is 4.74 Å². The van der Waals surface area contributed by atoms with E-state index >= 15 is 0 Å². The van der Waals surface area contributed by atoms with Crippen LogP contribution in [-0.4, -0.2) is 10.1 Å². The molecule has 4 nitrogen and oxygen atoms in total. The molecule has 0 fully saturated rings. The van der Waals surface area contributed by atoms with Crippen LogP contribution in [0.2, 0.25) is 5.02 Å². The third-order valence-corrected chi connectivity index (χ3v) is 3.77. The Hall–Kier alpha value is -2.98. The van der Waals surface area contributed by atoms with E-state index in [-0.39, 0.29) is 5.75 Å². The third kappa shape index (κ3) is 2.92. The van der Waals surface area contributed by atoms with E-state index in [1.165, 1.54) is 0 Å². The van der Waals surface area contributed by atoms with Crippen LogP contribution in [0.1, 0.15) is 0 Å². The molecule has 0 spiro atoms. The summed E-state index contributed by atoms with van der Waals surface area (Å²) in [6, 6.07) is 19.3. The summed E-state index contributed by atoms with van der Waals surface area (Å²) in [5.41, 5.74) is 2.16. The van der Waals surface area contributed by atoms with Gasteiger partial charge in [0.1, 0.15) is 22.8 Å². The van der Waals surface area contributed by atoms with E-state index < -0.39 is 0 Å². The monoisotopic (exact) mass is 337 g/mol. The second kappa shape index (κ2) is 5.91. The predicted molar refractivity (Wildman–Crippen MR) is 92.6 cm³/mol. The maximum absolute atomic E-state index is 9.36. The number of halogens is 1. The fourth-order valence-electron chi connectivity index (χ4n) is 2.34. The number of fused-ring (bicyclic) bond motifs is 1. The van der Waals surface area contributed by atoms with E-state index in [0.717, 1.165) is 5.56 Å². The van der Waals surface area contributed by atoms with Crippen molar-refractivity contribution in [3.8, 4) is 28.7 Å². The number of rotatable bonds is 3. The molecule has 3 aromatic carbocycles. The summed E-state index contributed by atoms with van der Waals surface area (Å²) in [7, 11) is 0. The molecule has 0 aliphatic carbocycles. The Labute approximate surface area is 142 Å². The van der Waals surface area contributed by atoms with Crippen LogP contribution in [0.4, 0.5) is 0 Å². The average Bonchev–Trinajstić information content (AvgIpc) is 3.01. The van der Waals surface area contributed by atoms with Crippen molar-refractivity contribution in [1.29, 1.82) is 0 Å². The molecule has 1 heterocycles. The highest BCUT2D eigenvalue weighted by Gasteiger charge is 2.09. The van der Waals surface area contributed by atoms with E-state index in [9.17, 15) is 5.11 Å². The number of oxazole rings is 1. The lowest BCUT2D eigenvalue weighted by Crippen LogP contribution is -1.83. The molecule has 0 unspecified atom stereocenters. The van der Waals surface area contributed by atoms with Gasteiger partial charge >= 0.3 is 0 Å². The number of hydrogen-bond acceptors (Lipinski definition) is 4. The molecule has 0 bridgehead atoms. The van der Waals surface area contributed by atoms with E-state index in [1.54, 1.807) is 48.5 Å². The van der Waals surface area contributed by atoms with Gasteiger partial charge in [-0.15, -0.1) is 0 Å². The van der Waals surface area contributed by atoms with Crippen LogP contribution in [0, 0.1) is 0 Å². The lowest BCUT2D eigenvalue weighted by atomic mass is 10.2. The number of phenolic OH excluding ortho intramolecular Hbond substituents is 1. The van der Waals surface area contributed by atoms with Gasteiger partial charge in [0.15, 0.2) is 5.58 Å². The van der Waals surface area contributed by atoms with Crippen molar-refractivity contribution in [3.63, 3.8) is 0 Å². The van der Waals surface area contributed by atoms with Crippen LogP contribution in [-0.2, 0) is 0 Å². The average molecular weight is 338 g/mol. The smallest absolute Gasteiger partial charge is 0.227 e. The number of benzene rings is 3. The topological polar surface area (TPSA) is 55.5 Å². The Morgan fingerprint density at radius 3 is 2.33 bits per heavy atom. The summed E-state index contributed by atoms with van der Waals surface area (Å²) in [5, 5.41) is 10.0. The molecule has 0 aliphatic rings. The molecular weight excluding hydrogens is 326 g/mol. The molecule has 0 saturated heterocycles. The summed E-state index contributed by atoms with van der Waals surface area (Å²) < 4.78 is 11.5. The first-order valence-corrected chi connectivity index (χ1v) is 7.69. The first-order valence-electron chi connectivity index (χ1n) is 7.31. The molecule has 4 aromatic rings. The quantitative estimate of drug-likeness (QED) is 0.525. The maximum Gasteiger partial charge on any atom is 0.227 e. The Bertz CT molecular complexity index is 991. The zero-order valence-electron chi connectivity index (χ0n) is 12.4. The Kier molecular flexibility index (Phi) is 3.59. The van der Waals surface area contributed by atoms with Gasteiger partial charge in [0.05, 0.1) is 0 Å². The molecule has 0 saturated carbocycles. The Morgan fingerprint density at radius 1 is 0.875 bits per heavy atom. The molecule has 4 rings (SSSR count). The molecule has 0 atom stereocenters. The van der Waals surface area contributed by atoms with Gasteiger partial charge in [-0.05, 0) is 60.7 Å². The van der Waals surface area contributed by atoms with E-state index in [0.29, 0.717) is 33.5 Å². The highest BCUT2D eigenvalue weighted by atomic mass is 35.5. The van der Waals surface area contributed by atoms with Crippen LogP contribution >= 0.6 is 11.6 Å². The number of nitrogens with zero attached hydrogens (tertiary/aromatic N) is 1. The first kappa shape index (κ1) is 14.6. The van der Waals surface area contributed by atoms with Crippen LogP contribution in [0.5, 0.6) is 17.2 Å². The highest BCUT2D eigenvalue weighted by molar-refractivity contribution is 6.30. The maximum atomic E-state index is 9.36. The SMILES string of the molecule is Oc1ccc(-c2nc3cc(Oc4ccc(Cl)cc4)ccc3o2)cc1. The molecule has 0 aliphatic heterocycles. The lowest BCUT2D eigenvalue weighted by molar-refractivity contribution is 0.475. The van der Waals surface area contributed by atoms with Gasteiger partial charge < -0.3 is 14.3 Å². The number of aromatic nitrogens is 1. The van der Waals surface area contributed by atoms with Crippen molar-refractivity contribution in [2.75, 3.05) is 0 Å². The Balaban J connectivity index is 1.65. The minimum atomic E-state index is 0.202. The van der Waals surface area contributed by atoms with Gasteiger partial charge in [-0.25, -0.2) is 4.98 Å². The zero-order valence-corrected chi connectivity index (χ0v) is 13.2. The molecule has 1 N–H and O–H groups in total. The van der Waals surface area contributed by atoms with Gasteiger partial charge in [0, 0.05) is 16.7 Å². The molecule has 1 aromatic heterocycles. The third-order valence-electron chi connectivity index (χ3n) is 3.52. The van der Waals surface area contributed by atoms with Crippen molar-refractivity contribution >= 4 is 22.7 Å². The molecule has 0 amide bonds. The number of phenols is 1. The van der Waals surface area contributed by atoms with Crippen molar-refractivity contribution < 1.29 is 14.3 Å². The molecule has 24 heavy (non-hydrogen) atoms. The van der Waals surface area contributed by atoms with Crippen molar-refractivity contribution in [2.45, 2.75) is 0 Å². The second-order valence-corrected chi connectivity index (χ2v) is 5.69. The Morgan fingerprint density at radius 2 is 1.58 bits per heavy atom. The van der Waals surface area contributed by atoms with Crippen LogP contribution in [0.15, 0.2) is 71.1 Å². The van der Waals surface area contributed by atoms with E-state index in [2.05, 4.69) is 4.98 Å². The summed E-state index contributed by atoms with van der Waals surface area (Å²) in [4.78, 5) is 4.48. The molecule has 118 valence electrons.